The standard InChI is InChI=1S/C30H36F3N5O3/c1-2-36-26-13-10-23(30(31,32)33)20-27(26)37(24-6-4-3-5-7-24)29(41)38(28(36)40)25-11-8-22(9-12-25)21-35-16-14-34(15-17-35)18-19-39/h4,6-8,10-11,13,20,39H,2-3,5,9,12,14-19,21H2,1H3. The van der Waals surface area contributed by atoms with Crippen LogP contribution in [-0.4, -0.2) is 84.3 Å². The Morgan fingerprint density at radius 1 is 0.902 bits per heavy atom. The molecule has 41 heavy (non-hydrogen) atoms. The van der Waals surface area contributed by atoms with E-state index in [2.05, 4.69) is 9.80 Å². The molecule has 220 valence electrons. The molecule has 1 fully saturated rings. The van der Waals surface area contributed by atoms with Crippen molar-refractivity contribution in [2.24, 2.45) is 0 Å². The van der Waals surface area contributed by atoms with Crippen molar-refractivity contribution in [3.8, 4) is 0 Å². The van der Waals surface area contributed by atoms with Gasteiger partial charge in [0.1, 0.15) is 0 Å². The number of benzene rings is 1. The Labute approximate surface area is 238 Å². The van der Waals surface area contributed by atoms with Crippen molar-refractivity contribution in [3.05, 3.63) is 71.1 Å². The highest BCUT2D eigenvalue weighted by molar-refractivity contribution is 6.15. The molecule has 0 aromatic heterocycles. The van der Waals surface area contributed by atoms with Crippen molar-refractivity contribution in [2.45, 2.75) is 38.8 Å². The number of aliphatic hydroxyl groups excluding tert-OH is 1. The van der Waals surface area contributed by atoms with Crippen LogP contribution < -0.4 is 9.80 Å². The molecule has 0 saturated carbocycles. The molecule has 8 nitrogen and oxygen atoms in total. The lowest BCUT2D eigenvalue weighted by molar-refractivity contribution is -0.137. The van der Waals surface area contributed by atoms with E-state index in [0.29, 0.717) is 37.2 Å². The normalized spacial score (nSPS) is 21.0. The Morgan fingerprint density at radius 2 is 1.66 bits per heavy atom. The Bertz CT molecular complexity index is 1290. The quantitative estimate of drug-likeness (QED) is 0.479. The Kier molecular flexibility index (Phi) is 8.67. The van der Waals surface area contributed by atoms with Crippen molar-refractivity contribution in [1.29, 1.82) is 0 Å². The molecule has 0 radical (unpaired) electrons. The third-order valence-electron chi connectivity index (χ3n) is 8.00. The minimum atomic E-state index is -4.61. The summed E-state index contributed by atoms with van der Waals surface area (Å²) in [5.74, 6) is 0. The van der Waals surface area contributed by atoms with Gasteiger partial charge >= 0.3 is 18.2 Å². The van der Waals surface area contributed by atoms with Gasteiger partial charge in [0, 0.05) is 57.2 Å². The lowest BCUT2D eigenvalue weighted by atomic mass is 10.0. The lowest BCUT2D eigenvalue weighted by Crippen LogP contribution is -2.48. The van der Waals surface area contributed by atoms with E-state index in [-0.39, 0.29) is 24.5 Å². The number of rotatable bonds is 7. The van der Waals surface area contributed by atoms with E-state index in [1.54, 1.807) is 19.1 Å². The van der Waals surface area contributed by atoms with Crippen molar-refractivity contribution < 1.29 is 27.9 Å². The smallest absolute Gasteiger partial charge is 0.395 e. The maximum atomic E-state index is 14.2. The van der Waals surface area contributed by atoms with Crippen LogP contribution in [0.3, 0.4) is 0 Å². The molecule has 0 atom stereocenters. The van der Waals surface area contributed by atoms with Crippen LogP contribution in [0.5, 0.6) is 0 Å². The van der Waals surface area contributed by atoms with Crippen LogP contribution in [0.1, 0.15) is 38.2 Å². The van der Waals surface area contributed by atoms with Gasteiger partial charge in [-0.15, -0.1) is 0 Å². The molecule has 1 aromatic carbocycles. The van der Waals surface area contributed by atoms with Gasteiger partial charge in [0.2, 0.25) is 0 Å². The van der Waals surface area contributed by atoms with Gasteiger partial charge in [-0.05, 0) is 63.0 Å². The van der Waals surface area contributed by atoms with E-state index in [4.69, 9.17) is 0 Å². The number of fused-ring (bicyclic) bond motifs is 1. The Morgan fingerprint density at radius 3 is 2.27 bits per heavy atom. The second kappa shape index (κ2) is 12.2. The first kappa shape index (κ1) is 29.1. The van der Waals surface area contributed by atoms with E-state index in [9.17, 15) is 27.9 Å². The van der Waals surface area contributed by atoms with Crippen LogP contribution >= 0.6 is 0 Å². The summed E-state index contributed by atoms with van der Waals surface area (Å²) in [6, 6.07) is 1.93. The van der Waals surface area contributed by atoms with Crippen LogP contribution in [0.25, 0.3) is 0 Å². The minimum absolute atomic E-state index is 0.0355. The molecule has 2 aliphatic heterocycles. The zero-order valence-electron chi connectivity index (χ0n) is 23.2. The first-order valence-electron chi connectivity index (χ1n) is 14.2. The van der Waals surface area contributed by atoms with E-state index in [1.165, 1.54) is 21.4 Å². The molecule has 2 aliphatic carbocycles. The van der Waals surface area contributed by atoms with E-state index in [1.807, 2.05) is 18.2 Å². The highest BCUT2D eigenvalue weighted by atomic mass is 19.4. The monoisotopic (exact) mass is 571 g/mol. The van der Waals surface area contributed by atoms with Crippen molar-refractivity contribution in [3.63, 3.8) is 0 Å². The topological polar surface area (TPSA) is 70.6 Å². The minimum Gasteiger partial charge on any atom is -0.395 e. The van der Waals surface area contributed by atoms with Gasteiger partial charge in [-0.2, -0.15) is 13.2 Å². The number of amides is 4. The molecule has 0 bridgehead atoms. The number of alkyl halides is 3. The maximum absolute atomic E-state index is 14.2. The number of imide groups is 1. The van der Waals surface area contributed by atoms with Crippen LogP contribution in [-0.2, 0) is 6.18 Å². The van der Waals surface area contributed by atoms with Gasteiger partial charge in [-0.1, -0.05) is 23.8 Å². The number of carbonyl (C=O) groups is 2. The second-order valence-corrected chi connectivity index (χ2v) is 10.6. The summed E-state index contributed by atoms with van der Waals surface area (Å²) in [5.41, 5.74) is 1.57. The molecule has 0 unspecified atom stereocenters. The molecule has 1 saturated heterocycles. The van der Waals surface area contributed by atoms with Crippen molar-refractivity contribution in [1.82, 2.24) is 14.7 Å². The highest BCUT2D eigenvalue weighted by Gasteiger charge is 2.42. The zero-order valence-corrected chi connectivity index (χ0v) is 23.2. The number of β-amino-alcohol motifs (C(OH)–C–C–N with tert-alkyl or cyclic N) is 1. The second-order valence-electron chi connectivity index (χ2n) is 10.6. The molecule has 1 N–H and O–H groups in total. The predicted molar refractivity (Wildman–Crippen MR) is 151 cm³/mol. The summed E-state index contributed by atoms with van der Waals surface area (Å²) < 4.78 is 41.3. The fourth-order valence-corrected chi connectivity index (χ4v) is 5.77. The SMILES string of the molecule is CCN1C(=O)N(C2=CC=C(CN3CCN(CCO)CC3)CC2)C(=O)N(C2=CCCC=C2)c2cc(C(F)(F)F)ccc21. The molecular weight excluding hydrogens is 535 g/mol. The number of urea groups is 2. The fraction of sp³-hybridized carbons (Fsp3) is 0.467. The zero-order chi connectivity index (χ0) is 29.1. The molecule has 4 aliphatic rings. The number of carbonyl (C=O) groups excluding carboxylic acids is 2. The average Bonchev–Trinajstić information content (AvgIpc) is 3.05. The molecule has 4 amide bonds. The molecule has 5 rings (SSSR count). The number of anilines is 2. The summed E-state index contributed by atoms with van der Waals surface area (Å²) in [6.07, 6.45) is 7.10. The van der Waals surface area contributed by atoms with Gasteiger partial charge in [0.15, 0.2) is 0 Å². The van der Waals surface area contributed by atoms with E-state index in [0.717, 1.165) is 56.2 Å². The summed E-state index contributed by atoms with van der Waals surface area (Å²) >= 11 is 0. The molecule has 0 spiro atoms. The summed E-state index contributed by atoms with van der Waals surface area (Å²) in [6.45, 7) is 7.14. The van der Waals surface area contributed by atoms with E-state index >= 15 is 0 Å². The van der Waals surface area contributed by atoms with Crippen LogP contribution in [0, 0.1) is 0 Å². The predicted octanol–water partition coefficient (Wildman–Crippen LogP) is 5.34. The number of allylic oxidation sites excluding steroid dienone is 6. The van der Waals surface area contributed by atoms with Crippen LogP contribution in [0.2, 0.25) is 0 Å². The van der Waals surface area contributed by atoms with Gasteiger partial charge in [0.05, 0.1) is 23.5 Å². The Balaban J connectivity index is 1.46. The molecular formula is C30H36F3N5O3. The number of aliphatic hydroxyl groups is 1. The number of halogens is 3. The van der Waals surface area contributed by atoms with Crippen molar-refractivity contribution >= 4 is 23.4 Å². The number of hydrogen-bond donors (Lipinski definition) is 1. The Hall–Kier alpha value is -3.41. The first-order chi connectivity index (χ1) is 19.7. The average molecular weight is 572 g/mol. The third-order valence-corrected chi connectivity index (χ3v) is 8.00. The van der Waals surface area contributed by atoms with Gasteiger partial charge < -0.3 is 5.11 Å². The summed E-state index contributed by atoms with van der Waals surface area (Å²) in [7, 11) is 0. The van der Waals surface area contributed by atoms with Crippen molar-refractivity contribution in [2.75, 3.05) is 62.2 Å². The summed E-state index contributed by atoms with van der Waals surface area (Å²) in [4.78, 5) is 36.4. The third kappa shape index (κ3) is 6.12. The van der Waals surface area contributed by atoms with Crippen LogP contribution in [0.4, 0.5) is 34.1 Å². The molecule has 11 heteroatoms. The van der Waals surface area contributed by atoms with E-state index < -0.39 is 23.8 Å². The van der Waals surface area contributed by atoms with Gasteiger partial charge in [-0.3, -0.25) is 19.6 Å². The summed E-state index contributed by atoms with van der Waals surface area (Å²) in [5, 5.41) is 9.17. The van der Waals surface area contributed by atoms with Gasteiger partial charge in [-0.25, -0.2) is 14.5 Å². The number of piperazine rings is 1. The molecule has 2 heterocycles. The fourth-order valence-electron chi connectivity index (χ4n) is 5.77. The first-order valence-corrected chi connectivity index (χ1v) is 14.2. The highest BCUT2D eigenvalue weighted by Crippen LogP contribution is 2.42. The van der Waals surface area contributed by atoms with Crippen LogP contribution in [0.15, 0.2) is 65.5 Å². The number of hydrogen-bond acceptors (Lipinski definition) is 5. The maximum Gasteiger partial charge on any atom is 0.416 e. The van der Waals surface area contributed by atoms with Gasteiger partial charge in [0.25, 0.3) is 0 Å². The number of nitrogens with zero attached hydrogens (tertiary/aromatic N) is 5. The lowest BCUT2D eigenvalue weighted by Gasteiger charge is -2.35. The molecule has 1 aromatic rings. The largest absolute Gasteiger partial charge is 0.416 e.